The van der Waals surface area contributed by atoms with Crippen molar-refractivity contribution in [3.8, 4) is 0 Å². The minimum atomic E-state index is -5.27. The SMILES string of the molecule is O=S(=O)(NC1CC(O)C1)C(F)(F)F. The number of rotatable bonds is 2. The van der Waals surface area contributed by atoms with Crippen molar-refractivity contribution in [2.75, 3.05) is 0 Å². The minimum Gasteiger partial charge on any atom is -0.393 e. The molecule has 1 aliphatic rings. The highest BCUT2D eigenvalue weighted by atomic mass is 32.2. The molecule has 0 saturated heterocycles. The zero-order valence-corrected chi connectivity index (χ0v) is 7.19. The number of alkyl halides is 3. The maximum Gasteiger partial charge on any atom is 0.511 e. The molecule has 0 spiro atoms. The summed E-state index contributed by atoms with van der Waals surface area (Å²) in [6.45, 7) is 0. The zero-order chi connectivity index (χ0) is 10.3. The Hall–Kier alpha value is -0.340. The topological polar surface area (TPSA) is 66.4 Å². The van der Waals surface area contributed by atoms with Gasteiger partial charge in [-0.15, -0.1) is 0 Å². The van der Waals surface area contributed by atoms with Crippen molar-refractivity contribution in [1.82, 2.24) is 4.72 Å². The molecular formula is C5H8F3NO3S. The van der Waals surface area contributed by atoms with Crippen molar-refractivity contribution >= 4 is 10.0 Å². The van der Waals surface area contributed by atoms with Gasteiger partial charge in [0.1, 0.15) is 0 Å². The molecule has 0 aliphatic heterocycles. The van der Waals surface area contributed by atoms with Gasteiger partial charge in [-0.3, -0.25) is 0 Å². The van der Waals surface area contributed by atoms with Gasteiger partial charge in [-0.05, 0) is 12.8 Å². The fourth-order valence-corrected chi connectivity index (χ4v) is 1.74. The minimum absolute atomic E-state index is 0.0370. The smallest absolute Gasteiger partial charge is 0.393 e. The molecule has 0 radical (unpaired) electrons. The summed E-state index contributed by atoms with van der Waals surface area (Å²) in [5.74, 6) is 0. The van der Waals surface area contributed by atoms with Gasteiger partial charge >= 0.3 is 15.5 Å². The van der Waals surface area contributed by atoms with Crippen LogP contribution >= 0.6 is 0 Å². The molecule has 1 aliphatic carbocycles. The summed E-state index contributed by atoms with van der Waals surface area (Å²) in [7, 11) is -5.24. The molecule has 0 atom stereocenters. The summed E-state index contributed by atoms with van der Waals surface area (Å²) < 4.78 is 57.6. The lowest BCUT2D eigenvalue weighted by Crippen LogP contribution is -2.50. The Morgan fingerprint density at radius 1 is 1.31 bits per heavy atom. The molecule has 0 aromatic carbocycles. The fraction of sp³-hybridized carbons (Fsp3) is 1.00. The van der Waals surface area contributed by atoms with E-state index in [2.05, 4.69) is 0 Å². The van der Waals surface area contributed by atoms with Crippen LogP contribution in [0.1, 0.15) is 12.8 Å². The number of nitrogens with one attached hydrogen (secondary N) is 1. The van der Waals surface area contributed by atoms with E-state index in [1.165, 1.54) is 4.72 Å². The maximum atomic E-state index is 11.7. The highest BCUT2D eigenvalue weighted by Gasteiger charge is 2.48. The number of aliphatic hydroxyl groups excluding tert-OH is 1. The second kappa shape index (κ2) is 3.10. The maximum absolute atomic E-state index is 11.7. The summed E-state index contributed by atoms with van der Waals surface area (Å²) in [5.41, 5.74) is -5.27. The van der Waals surface area contributed by atoms with Crippen LogP contribution in [-0.2, 0) is 10.0 Å². The molecule has 0 aromatic rings. The lowest BCUT2D eigenvalue weighted by Gasteiger charge is -2.31. The molecule has 13 heavy (non-hydrogen) atoms. The average Bonchev–Trinajstić information content (AvgIpc) is 1.80. The Morgan fingerprint density at radius 2 is 1.77 bits per heavy atom. The third kappa shape index (κ3) is 2.32. The van der Waals surface area contributed by atoms with Gasteiger partial charge in [0.05, 0.1) is 6.10 Å². The van der Waals surface area contributed by atoms with E-state index in [1.54, 1.807) is 0 Å². The van der Waals surface area contributed by atoms with Crippen molar-refractivity contribution in [2.24, 2.45) is 0 Å². The fourth-order valence-electron chi connectivity index (χ4n) is 0.970. The van der Waals surface area contributed by atoms with Crippen molar-refractivity contribution in [3.05, 3.63) is 0 Å². The predicted octanol–water partition coefficient (Wildman–Crippen LogP) is -0.0511. The summed E-state index contributed by atoms with van der Waals surface area (Å²) in [6.07, 6.45) is -0.620. The quantitative estimate of drug-likeness (QED) is 0.684. The van der Waals surface area contributed by atoms with Crippen molar-refractivity contribution in [1.29, 1.82) is 0 Å². The molecule has 0 heterocycles. The lowest BCUT2D eigenvalue weighted by molar-refractivity contribution is -0.0462. The molecule has 8 heteroatoms. The second-order valence-corrected chi connectivity index (χ2v) is 4.59. The molecule has 2 N–H and O–H groups in total. The van der Waals surface area contributed by atoms with Gasteiger partial charge in [-0.25, -0.2) is 13.1 Å². The van der Waals surface area contributed by atoms with Gasteiger partial charge in [-0.1, -0.05) is 0 Å². The molecule has 1 saturated carbocycles. The van der Waals surface area contributed by atoms with Crippen LogP contribution in [0.2, 0.25) is 0 Å². The van der Waals surface area contributed by atoms with Crippen LogP contribution in [0.25, 0.3) is 0 Å². The Morgan fingerprint density at radius 3 is 2.08 bits per heavy atom. The summed E-state index contributed by atoms with van der Waals surface area (Å²) in [5, 5.41) is 8.70. The number of aliphatic hydroxyl groups is 1. The molecule has 0 aromatic heterocycles. The average molecular weight is 219 g/mol. The summed E-state index contributed by atoms with van der Waals surface area (Å²) >= 11 is 0. The van der Waals surface area contributed by atoms with Gasteiger partial charge in [0.25, 0.3) is 0 Å². The Bertz CT molecular complexity index is 280. The van der Waals surface area contributed by atoms with Crippen molar-refractivity contribution in [3.63, 3.8) is 0 Å². The van der Waals surface area contributed by atoms with Crippen LogP contribution in [0.3, 0.4) is 0 Å². The van der Waals surface area contributed by atoms with E-state index < -0.39 is 27.7 Å². The normalized spacial score (nSPS) is 29.8. The molecule has 1 fully saturated rings. The molecular weight excluding hydrogens is 211 g/mol. The second-order valence-electron chi connectivity index (χ2n) is 2.89. The molecule has 0 bridgehead atoms. The number of hydrogen-bond donors (Lipinski definition) is 2. The van der Waals surface area contributed by atoms with E-state index in [-0.39, 0.29) is 12.8 Å². The number of halogens is 3. The summed E-state index contributed by atoms with van der Waals surface area (Å²) in [6, 6.07) is -0.790. The van der Waals surface area contributed by atoms with Gasteiger partial charge < -0.3 is 5.11 Å². The van der Waals surface area contributed by atoms with Crippen molar-refractivity contribution in [2.45, 2.75) is 30.5 Å². The molecule has 0 amide bonds. The van der Waals surface area contributed by atoms with Crippen LogP contribution < -0.4 is 4.72 Å². The van der Waals surface area contributed by atoms with Crippen LogP contribution in [0.15, 0.2) is 0 Å². The third-order valence-electron chi connectivity index (χ3n) is 1.74. The molecule has 78 valence electrons. The van der Waals surface area contributed by atoms with Crippen LogP contribution in [0.5, 0.6) is 0 Å². The van der Waals surface area contributed by atoms with E-state index in [0.29, 0.717) is 0 Å². The van der Waals surface area contributed by atoms with E-state index in [0.717, 1.165) is 0 Å². The van der Waals surface area contributed by atoms with Gasteiger partial charge in [0.2, 0.25) is 0 Å². The molecule has 4 nitrogen and oxygen atoms in total. The molecule has 0 unspecified atom stereocenters. The van der Waals surface area contributed by atoms with Gasteiger partial charge in [-0.2, -0.15) is 13.2 Å². The first-order valence-corrected chi connectivity index (χ1v) is 4.97. The van der Waals surface area contributed by atoms with E-state index in [1.807, 2.05) is 0 Å². The van der Waals surface area contributed by atoms with Gasteiger partial charge in [0, 0.05) is 6.04 Å². The van der Waals surface area contributed by atoms with E-state index in [9.17, 15) is 21.6 Å². The van der Waals surface area contributed by atoms with Gasteiger partial charge in [0.15, 0.2) is 0 Å². The van der Waals surface area contributed by atoms with Crippen LogP contribution in [0, 0.1) is 0 Å². The highest BCUT2D eigenvalue weighted by molar-refractivity contribution is 7.90. The first kappa shape index (κ1) is 10.7. The number of hydrogen-bond acceptors (Lipinski definition) is 3. The standard InChI is InChI=1S/C5H8F3NO3S/c6-5(7,8)13(11,12)9-3-1-4(10)2-3/h3-4,9-10H,1-2H2. The molecule has 1 rings (SSSR count). The Kier molecular flexibility index (Phi) is 2.56. The summed E-state index contributed by atoms with van der Waals surface area (Å²) in [4.78, 5) is 0. The van der Waals surface area contributed by atoms with Crippen LogP contribution in [-0.4, -0.2) is 31.2 Å². The number of sulfonamides is 1. The Labute approximate surface area is 72.8 Å². The van der Waals surface area contributed by atoms with E-state index >= 15 is 0 Å². The zero-order valence-electron chi connectivity index (χ0n) is 6.37. The first-order chi connectivity index (χ1) is 5.72. The van der Waals surface area contributed by atoms with Crippen LogP contribution in [0.4, 0.5) is 13.2 Å². The largest absolute Gasteiger partial charge is 0.511 e. The van der Waals surface area contributed by atoms with Crippen molar-refractivity contribution < 1.29 is 26.7 Å². The Balaban J connectivity index is 2.54. The lowest BCUT2D eigenvalue weighted by atomic mass is 9.91. The highest BCUT2D eigenvalue weighted by Crippen LogP contribution is 2.26. The third-order valence-corrected chi connectivity index (χ3v) is 2.99. The first-order valence-electron chi connectivity index (χ1n) is 3.49. The van der Waals surface area contributed by atoms with E-state index in [4.69, 9.17) is 5.11 Å². The monoisotopic (exact) mass is 219 g/mol. The predicted molar refractivity (Wildman–Crippen MR) is 37.1 cm³/mol.